The van der Waals surface area contributed by atoms with Crippen molar-refractivity contribution in [2.24, 2.45) is 0 Å². The Labute approximate surface area is 174 Å². The number of aliphatic hydroxyl groups is 1. The number of aliphatic hydroxyl groups excluding tert-OH is 1. The molecule has 1 saturated heterocycles. The predicted octanol–water partition coefficient (Wildman–Crippen LogP) is 5.20. The number of halogens is 1. The van der Waals surface area contributed by atoms with Gasteiger partial charge in [-0.25, -0.2) is 4.39 Å². The van der Waals surface area contributed by atoms with E-state index < -0.39 is 23.5 Å². The minimum Gasteiger partial charge on any atom is -0.507 e. The summed E-state index contributed by atoms with van der Waals surface area (Å²) in [5.41, 5.74) is 1.13. The minimum absolute atomic E-state index is 0.0408. The van der Waals surface area contributed by atoms with Crippen molar-refractivity contribution in [1.29, 1.82) is 0 Å². The van der Waals surface area contributed by atoms with E-state index in [1.54, 1.807) is 4.90 Å². The fourth-order valence-corrected chi connectivity index (χ4v) is 4.01. The van der Waals surface area contributed by atoms with Gasteiger partial charge in [-0.2, -0.15) is 0 Å². The van der Waals surface area contributed by atoms with Crippen molar-refractivity contribution in [2.45, 2.75) is 25.8 Å². The van der Waals surface area contributed by atoms with E-state index in [0.29, 0.717) is 12.1 Å². The molecule has 1 atom stereocenters. The van der Waals surface area contributed by atoms with Crippen molar-refractivity contribution < 1.29 is 19.1 Å². The van der Waals surface area contributed by atoms with Crippen LogP contribution in [-0.4, -0.2) is 28.2 Å². The van der Waals surface area contributed by atoms with Crippen LogP contribution in [0.3, 0.4) is 0 Å². The topological polar surface area (TPSA) is 57.6 Å². The Kier molecular flexibility index (Phi) is 5.36. The van der Waals surface area contributed by atoms with Gasteiger partial charge >= 0.3 is 0 Å². The fourth-order valence-electron chi connectivity index (χ4n) is 4.01. The van der Waals surface area contributed by atoms with Crippen LogP contribution in [-0.2, 0) is 9.59 Å². The minimum atomic E-state index is -0.717. The van der Waals surface area contributed by atoms with Gasteiger partial charge in [-0.15, -0.1) is 0 Å². The average molecular weight is 403 g/mol. The van der Waals surface area contributed by atoms with Crippen LogP contribution >= 0.6 is 0 Å². The second-order valence-corrected chi connectivity index (χ2v) is 7.42. The number of hydrogen-bond acceptors (Lipinski definition) is 3. The molecule has 1 aliphatic rings. The lowest BCUT2D eigenvalue weighted by molar-refractivity contribution is -0.139. The Morgan fingerprint density at radius 2 is 1.70 bits per heavy atom. The first-order chi connectivity index (χ1) is 14.5. The normalized spacial score (nSPS) is 18.3. The molecule has 3 aromatic rings. The number of unbranched alkanes of at least 4 members (excludes halogenated alkanes) is 1. The number of ketones is 1. The lowest BCUT2D eigenvalue weighted by atomic mass is 9.91. The van der Waals surface area contributed by atoms with Crippen LogP contribution in [0.5, 0.6) is 0 Å². The highest BCUT2D eigenvalue weighted by molar-refractivity contribution is 6.46. The molecule has 1 fully saturated rings. The molecule has 4 nitrogen and oxygen atoms in total. The second-order valence-electron chi connectivity index (χ2n) is 7.42. The smallest absolute Gasteiger partial charge is 0.295 e. The Morgan fingerprint density at radius 3 is 2.43 bits per heavy atom. The number of likely N-dealkylation sites (tertiary alicyclic amines) is 1. The molecule has 30 heavy (non-hydrogen) atoms. The van der Waals surface area contributed by atoms with Gasteiger partial charge < -0.3 is 10.0 Å². The van der Waals surface area contributed by atoms with E-state index >= 15 is 0 Å². The van der Waals surface area contributed by atoms with Gasteiger partial charge in [0.1, 0.15) is 11.6 Å². The summed E-state index contributed by atoms with van der Waals surface area (Å²) < 4.78 is 13.4. The molecule has 0 aliphatic carbocycles. The number of carbonyl (C=O) groups is 2. The number of carbonyl (C=O) groups excluding carboxylic acids is 2. The SMILES string of the molecule is CCCCN1C(=O)C(=O)/C(=C(\O)c2ccc(F)cc2)C1c1cccc2ccccc12. The molecular formula is C25H22FNO3. The number of fused-ring (bicyclic) bond motifs is 1. The maximum Gasteiger partial charge on any atom is 0.295 e. The van der Waals surface area contributed by atoms with Crippen molar-refractivity contribution in [3.8, 4) is 0 Å². The summed E-state index contributed by atoms with van der Waals surface area (Å²) in [6.45, 7) is 2.43. The quantitative estimate of drug-likeness (QED) is 0.362. The van der Waals surface area contributed by atoms with Crippen LogP contribution in [0.1, 0.15) is 36.9 Å². The summed E-state index contributed by atoms with van der Waals surface area (Å²) >= 11 is 0. The number of Topliss-reactive ketones (excluding diaryl/α,β-unsaturated/α-hetero) is 1. The third-order valence-corrected chi connectivity index (χ3v) is 5.53. The molecule has 4 rings (SSSR count). The summed E-state index contributed by atoms with van der Waals surface area (Å²) in [7, 11) is 0. The molecule has 0 aromatic heterocycles. The Bertz CT molecular complexity index is 1150. The van der Waals surface area contributed by atoms with Crippen LogP contribution in [0.4, 0.5) is 4.39 Å². The summed E-state index contributed by atoms with van der Waals surface area (Å²) in [5.74, 6) is -2.07. The first-order valence-corrected chi connectivity index (χ1v) is 10.0. The van der Waals surface area contributed by atoms with Gasteiger partial charge in [0.15, 0.2) is 0 Å². The van der Waals surface area contributed by atoms with Crippen molar-refractivity contribution in [2.75, 3.05) is 6.54 Å². The van der Waals surface area contributed by atoms with Gasteiger partial charge in [-0.3, -0.25) is 9.59 Å². The van der Waals surface area contributed by atoms with Crippen LogP contribution in [0, 0.1) is 5.82 Å². The van der Waals surface area contributed by atoms with E-state index in [1.165, 1.54) is 24.3 Å². The standard InChI is InChI=1S/C25H22FNO3/c1-2-3-15-27-22(20-10-6-8-16-7-4-5-9-19(16)20)21(24(29)25(27)30)23(28)17-11-13-18(26)14-12-17/h4-14,22,28H,2-3,15H2,1H3/b23-21-. The van der Waals surface area contributed by atoms with Crippen LogP contribution < -0.4 is 0 Å². The lowest BCUT2D eigenvalue weighted by Crippen LogP contribution is -2.30. The van der Waals surface area contributed by atoms with E-state index in [9.17, 15) is 19.1 Å². The first-order valence-electron chi connectivity index (χ1n) is 10.0. The van der Waals surface area contributed by atoms with Crippen LogP contribution in [0.15, 0.2) is 72.3 Å². The number of rotatable bonds is 5. The molecule has 1 amide bonds. The van der Waals surface area contributed by atoms with E-state index in [0.717, 1.165) is 29.2 Å². The van der Waals surface area contributed by atoms with Gasteiger partial charge in [-0.1, -0.05) is 55.8 Å². The molecule has 152 valence electrons. The Hall–Kier alpha value is -3.47. The zero-order valence-corrected chi connectivity index (χ0v) is 16.6. The number of hydrogen-bond donors (Lipinski definition) is 1. The van der Waals surface area contributed by atoms with Crippen molar-refractivity contribution in [3.63, 3.8) is 0 Å². The summed E-state index contributed by atoms with van der Waals surface area (Å²) in [6.07, 6.45) is 1.61. The van der Waals surface area contributed by atoms with E-state index in [4.69, 9.17) is 0 Å². The highest BCUT2D eigenvalue weighted by atomic mass is 19.1. The molecule has 1 N–H and O–H groups in total. The van der Waals surface area contributed by atoms with Gasteiger partial charge in [-0.05, 0) is 47.0 Å². The number of nitrogens with zero attached hydrogens (tertiary/aromatic N) is 1. The molecule has 3 aromatic carbocycles. The van der Waals surface area contributed by atoms with Gasteiger partial charge in [0.25, 0.3) is 11.7 Å². The summed E-state index contributed by atoms with van der Waals surface area (Å²) in [6, 6.07) is 18.0. The molecule has 5 heteroatoms. The molecule has 0 bridgehead atoms. The molecule has 1 unspecified atom stereocenters. The van der Waals surface area contributed by atoms with E-state index in [1.807, 2.05) is 49.4 Å². The second kappa shape index (κ2) is 8.11. The summed E-state index contributed by atoms with van der Waals surface area (Å²) in [4.78, 5) is 27.4. The van der Waals surface area contributed by atoms with Gasteiger partial charge in [0.2, 0.25) is 0 Å². The van der Waals surface area contributed by atoms with Crippen molar-refractivity contribution in [3.05, 3.63) is 89.2 Å². The highest BCUT2D eigenvalue weighted by Crippen LogP contribution is 2.41. The predicted molar refractivity (Wildman–Crippen MR) is 114 cm³/mol. The van der Waals surface area contributed by atoms with Crippen LogP contribution in [0.25, 0.3) is 16.5 Å². The van der Waals surface area contributed by atoms with E-state index in [-0.39, 0.29) is 11.3 Å². The maximum atomic E-state index is 13.4. The Balaban J connectivity index is 1.95. The summed E-state index contributed by atoms with van der Waals surface area (Å²) in [5, 5.41) is 12.9. The molecule has 0 saturated carbocycles. The van der Waals surface area contributed by atoms with Gasteiger partial charge in [0.05, 0.1) is 11.6 Å². The van der Waals surface area contributed by atoms with Crippen molar-refractivity contribution in [1.82, 2.24) is 4.90 Å². The zero-order chi connectivity index (χ0) is 21.3. The number of amides is 1. The molecule has 1 aliphatic heterocycles. The molecule has 0 spiro atoms. The number of benzene rings is 3. The van der Waals surface area contributed by atoms with Gasteiger partial charge in [0, 0.05) is 12.1 Å². The average Bonchev–Trinajstić information content (AvgIpc) is 3.02. The lowest BCUT2D eigenvalue weighted by Gasteiger charge is -2.26. The maximum absolute atomic E-state index is 13.4. The third kappa shape index (κ3) is 3.36. The monoisotopic (exact) mass is 403 g/mol. The highest BCUT2D eigenvalue weighted by Gasteiger charge is 2.46. The van der Waals surface area contributed by atoms with E-state index in [2.05, 4.69) is 0 Å². The molecule has 1 heterocycles. The first kappa shape index (κ1) is 19.8. The largest absolute Gasteiger partial charge is 0.507 e. The molecular weight excluding hydrogens is 381 g/mol. The van der Waals surface area contributed by atoms with Crippen LogP contribution in [0.2, 0.25) is 0 Å². The fraction of sp³-hybridized carbons (Fsp3) is 0.200. The molecule has 0 radical (unpaired) electrons. The zero-order valence-electron chi connectivity index (χ0n) is 16.6. The third-order valence-electron chi connectivity index (χ3n) is 5.53. The van der Waals surface area contributed by atoms with Crippen molar-refractivity contribution >= 4 is 28.2 Å². The Morgan fingerprint density at radius 1 is 1.00 bits per heavy atom.